The van der Waals surface area contributed by atoms with Crippen LogP contribution in [0.2, 0.25) is 0 Å². The van der Waals surface area contributed by atoms with Gasteiger partial charge in [0.15, 0.2) is 0 Å². The highest BCUT2D eigenvalue weighted by Gasteiger charge is 2.40. The first-order valence-electron chi connectivity index (χ1n) is 20.5. The Labute approximate surface area is 351 Å². The Morgan fingerprint density at radius 1 is 0.600 bits per heavy atom. The highest BCUT2D eigenvalue weighted by molar-refractivity contribution is 5.98. The number of rotatable bonds is 25. The lowest BCUT2D eigenvalue weighted by Crippen LogP contribution is -2.62. The molecular weight excluding hydrogens is 788 g/mol. The molecule has 60 heavy (non-hydrogen) atoms. The van der Waals surface area contributed by atoms with E-state index in [0.717, 1.165) is 0 Å². The third-order valence-corrected chi connectivity index (χ3v) is 9.73. The molecule has 21 nitrogen and oxygen atoms in total. The molecule has 0 spiro atoms. The number of hydrogen-bond donors (Lipinski definition) is 11. The number of amides is 7. The molecule has 7 amide bonds. The lowest BCUT2D eigenvalue weighted by atomic mass is 9.99. The van der Waals surface area contributed by atoms with Gasteiger partial charge in [0.2, 0.25) is 41.4 Å². The van der Waals surface area contributed by atoms with Crippen molar-refractivity contribution in [2.45, 2.75) is 168 Å². The van der Waals surface area contributed by atoms with Crippen molar-refractivity contribution >= 4 is 53.3 Å². The molecular formula is C39H68N8O13. The second-order valence-corrected chi connectivity index (χ2v) is 16.8. The number of aliphatic carboxylic acids is 2. The third kappa shape index (κ3) is 17.8. The number of carboxylic acids is 2. The molecule has 0 saturated carbocycles. The quantitative estimate of drug-likeness (QED) is 0.0477. The SMILES string of the molecule is CC(C)C[C@H](NC(=O)[C@H](CC(C)C)NC(=O)[C@H](CCC(=O)O)NC(=O)[C@@H](NC(=O)[C@H](CC(C)C)NC(=O)[C@@H]1CCCN1C(=O)[C@H](C)NC(=O)[C@@H](N)[C@@H](C)O)[C@@H](C)O)C(=O)O. The molecule has 0 aromatic rings. The third-order valence-electron chi connectivity index (χ3n) is 9.73. The van der Waals surface area contributed by atoms with Gasteiger partial charge in [-0.05, 0) is 77.0 Å². The van der Waals surface area contributed by atoms with Gasteiger partial charge in [-0.3, -0.25) is 38.4 Å². The number of carbonyl (C=O) groups is 9. The van der Waals surface area contributed by atoms with Gasteiger partial charge in [0, 0.05) is 13.0 Å². The van der Waals surface area contributed by atoms with Crippen LogP contribution in [0.5, 0.6) is 0 Å². The molecule has 21 heteroatoms. The van der Waals surface area contributed by atoms with Crippen molar-refractivity contribution in [2.75, 3.05) is 6.54 Å². The van der Waals surface area contributed by atoms with Crippen LogP contribution < -0.4 is 37.6 Å². The number of likely N-dealkylation sites (tertiary alicyclic amines) is 1. The first-order chi connectivity index (χ1) is 27.8. The van der Waals surface area contributed by atoms with Gasteiger partial charge in [-0.2, -0.15) is 0 Å². The lowest BCUT2D eigenvalue weighted by Gasteiger charge is -2.30. The van der Waals surface area contributed by atoms with E-state index in [1.54, 1.807) is 41.5 Å². The average molecular weight is 857 g/mol. The number of carboxylic acid groups (broad SMARTS) is 2. The fourth-order valence-electron chi connectivity index (χ4n) is 6.51. The predicted octanol–water partition coefficient (Wildman–Crippen LogP) is -1.92. The van der Waals surface area contributed by atoms with E-state index in [9.17, 15) is 63.6 Å². The number of nitrogens with one attached hydrogen (secondary N) is 6. The fourth-order valence-corrected chi connectivity index (χ4v) is 6.51. The smallest absolute Gasteiger partial charge is 0.326 e. The van der Waals surface area contributed by atoms with Crippen LogP contribution in [0.25, 0.3) is 0 Å². The van der Waals surface area contributed by atoms with Gasteiger partial charge in [0.1, 0.15) is 48.3 Å². The molecule has 1 aliphatic heterocycles. The van der Waals surface area contributed by atoms with Gasteiger partial charge in [-0.1, -0.05) is 41.5 Å². The van der Waals surface area contributed by atoms with E-state index in [1.165, 1.54) is 25.7 Å². The highest BCUT2D eigenvalue weighted by atomic mass is 16.4. The Bertz CT molecular complexity index is 1520. The van der Waals surface area contributed by atoms with E-state index in [4.69, 9.17) is 5.73 Å². The first kappa shape index (κ1) is 53.1. The maximum Gasteiger partial charge on any atom is 0.326 e. The van der Waals surface area contributed by atoms with Crippen LogP contribution in [0.15, 0.2) is 0 Å². The van der Waals surface area contributed by atoms with Crippen LogP contribution in [0, 0.1) is 17.8 Å². The Balaban J connectivity index is 3.26. The number of aliphatic hydroxyl groups is 2. The van der Waals surface area contributed by atoms with Crippen LogP contribution in [0.1, 0.15) is 107 Å². The van der Waals surface area contributed by atoms with Crippen LogP contribution in [-0.2, 0) is 43.2 Å². The van der Waals surface area contributed by atoms with Crippen LogP contribution in [0.3, 0.4) is 0 Å². The number of aliphatic hydroxyl groups excluding tert-OH is 2. The minimum Gasteiger partial charge on any atom is -0.481 e. The minimum atomic E-state index is -1.73. The summed E-state index contributed by atoms with van der Waals surface area (Å²) in [5, 5.41) is 54.1. The maximum atomic E-state index is 13.8. The topological polar surface area (TPSA) is 336 Å². The number of carbonyl (C=O) groups excluding carboxylic acids is 7. The summed E-state index contributed by atoms with van der Waals surface area (Å²) in [5.41, 5.74) is 5.67. The van der Waals surface area contributed by atoms with Gasteiger partial charge in [0.25, 0.3) is 0 Å². The van der Waals surface area contributed by atoms with Crippen molar-refractivity contribution in [3.05, 3.63) is 0 Å². The molecule has 342 valence electrons. The van der Waals surface area contributed by atoms with Crippen LogP contribution in [-0.4, -0.2) is 146 Å². The Morgan fingerprint density at radius 2 is 1.07 bits per heavy atom. The maximum absolute atomic E-state index is 13.8. The van der Waals surface area contributed by atoms with Crippen molar-refractivity contribution < 1.29 is 63.6 Å². The zero-order chi connectivity index (χ0) is 46.2. The van der Waals surface area contributed by atoms with E-state index < -0.39 is 127 Å². The van der Waals surface area contributed by atoms with Gasteiger partial charge < -0.3 is 63.0 Å². The Morgan fingerprint density at radius 3 is 1.55 bits per heavy atom. The van der Waals surface area contributed by atoms with E-state index in [1.807, 2.05) is 0 Å². The van der Waals surface area contributed by atoms with E-state index in [0.29, 0.717) is 6.42 Å². The van der Waals surface area contributed by atoms with E-state index >= 15 is 0 Å². The van der Waals surface area contributed by atoms with Crippen molar-refractivity contribution in [2.24, 2.45) is 23.5 Å². The molecule has 0 aromatic carbocycles. The average Bonchev–Trinajstić information content (AvgIpc) is 3.63. The molecule has 1 rings (SSSR count). The Hall–Kier alpha value is -4.89. The standard InChI is InChI=1S/C39H68N8O13/c1-18(2)15-25(33(53)45-27(39(59)60)17-20(5)6)43-32(52)24(12-13-29(50)51)42-37(57)31(23(9)49)46-34(54)26(16-19(3)4)44-35(55)28-11-10-14-47(28)38(58)21(7)41-36(56)30(40)22(8)48/h18-28,30-31,48-49H,10-17,40H2,1-9H3,(H,41,56)(H,42,57)(H,43,52)(H,44,55)(H,45,53)(H,46,54)(H,50,51)(H,59,60)/t21-,22+,23+,24-,25-,26-,27-,28-,30-,31-/m0/s1. The molecule has 0 radical (unpaired) electrons. The number of hydrogen-bond acceptors (Lipinski definition) is 12. The summed E-state index contributed by atoms with van der Waals surface area (Å²) in [7, 11) is 0. The van der Waals surface area contributed by atoms with Crippen molar-refractivity contribution in [1.29, 1.82) is 0 Å². The zero-order valence-electron chi connectivity index (χ0n) is 36.2. The van der Waals surface area contributed by atoms with E-state index in [2.05, 4.69) is 31.9 Å². The normalized spacial score (nSPS) is 18.5. The lowest BCUT2D eigenvalue weighted by molar-refractivity contribution is -0.143. The number of nitrogens with zero attached hydrogens (tertiary/aromatic N) is 1. The molecule has 0 aliphatic carbocycles. The molecule has 10 atom stereocenters. The second-order valence-electron chi connectivity index (χ2n) is 16.8. The summed E-state index contributed by atoms with van der Waals surface area (Å²) in [6, 6.07) is -10.5. The Kier molecular flexibility index (Phi) is 22.2. The van der Waals surface area contributed by atoms with Gasteiger partial charge in [-0.25, -0.2) is 4.79 Å². The summed E-state index contributed by atoms with van der Waals surface area (Å²) in [4.78, 5) is 118. The summed E-state index contributed by atoms with van der Waals surface area (Å²) in [6.45, 7) is 14.7. The largest absolute Gasteiger partial charge is 0.481 e. The molecule has 1 saturated heterocycles. The molecule has 1 heterocycles. The number of nitrogens with two attached hydrogens (primary N) is 1. The molecule has 0 unspecified atom stereocenters. The van der Waals surface area contributed by atoms with Gasteiger partial charge >= 0.3 is 11.9 Å². The minimum absolute atomic E-state index is 0.0545. The second kappa shape index (κ2) is 25.0. The highest BCUT2D eigenvalue weighted by Crippen LogP contribution is 2.20. The van der Waals surface area contributed by atoms with Crippen LogP contribution in [0.4, 0.5) is 0 Å². The van der Waals surface area contributed by atoms with Gasteiger partial charge in [0.05, 0.1) is 12.2 Å². The van der Waals surface area contributed by atoms with Gasteiger partial charge in [-0.15, -0.1) is 0 Å². The molecule has 0 bridgehead atoms. The summed E-state index contributed by atoms with van der Waals surface area (Å²) in [6.07, 6.45) is -2.95. The summed E-state index contributed by atoms with van der Waals surface area (Å²) in [5.74, 6) is -8.86. The van der Waals surface area contributed by atoms with Crippen molar-refractivity contribution in [1.82, 2.24) is 36.8 Å². The fraction of sp³-hybridized carbons (Fsp3) is 0.769. The predicted molar refractivity (Wildman–Crippen MR) is 216 cm³/mol. The van der Waals surface area contributed by atoms with Crippen LogP contribution >= 0.6 is 0 Å². The van der Waals surface area contributed by atoms with E-state index in [-0.39, 0.29) is 50.0 Å². The molecule has 1 fully saturated rings. The molecule has 1 aliphatic rings. The van der Waals surface area contributed by atoms with Crippen molar-refractivity contribution in [3.63, 3.8) is 0 Å². The van der Waals surface area contributed by atoms with Crippen molar-refractivity contribution in [3.8, 4) is 0 Å². The summed E-state index contributed by atoms with van der Waals surface area (Å²) < 4.78 is 0. The molecule has 12 N–H and O–H groups in total. The molecule has 0 aromatic heterocycles. The zero-order valence-corrected chi connectivity index (χ0v) is 36.2. The first-order valence-corrected chi connectivity index (χ1v) is 20.5. The monoisotopic (exact) mass is 856 g/mol. The summed E-state index contributed by atoms with van der Waals surface area (Å²) >= 11 is 0.